The second-order valence-electron chi connectivity index (χ2n) is 5.00. The molecule has 0 bridgehead atoms. The first-order valence-corrected chi connectivity index (χ1v) is 6.51. The van der Waals surface area contributed by atoms with Crippen LogP contribution in [0.25, 0.3) is 0 Å². The SMILES string of the molecule is CCCC1(N2COC(N)=N2)CCCCCC1. The van der Waals surface area contributed by atoms with Crippen molar-refractivity contribution in [2.75, 3.05) is 6.73 Å². The van der Waals surface area contributed by atoms with Gasteiger partial charge in [0.1, 0.15) is 0 Å². The van der Waals surface area contributed by atoms with Gasteiger partial charge in [0.2, 0.25) is 0 Å². The van der Waals surface area contributed by atoms with E-state index >= 15 is 0 Å². The number of amidine groups is 1. The standard InChI is InChI=1S/C12H23N3O/c1-2-7-12(8-5-3-4-6-9-12)15-10-16-11(13)14-15/h2-10H2,1H3,(H2,13,14). The third-order valence-corrected chi connectivity index (χ3v) is 3.85. The van der Waals surface area contributed by atoms with E-state index in [1.807, 2.05) is 0 Å². The van der Waals surface area contributed by atoms with Crippen molar-refractivity contribution in [3.8, 4) is 0 Å². The van der Waals surface area contributed by atoms with Crippen molar-refractivity contribution >= 4 is 6.02 Å². The summed E-state index contributed by atoms with van der Waals surface area (Å²) in [7, 11) is 0. The Hall–Kier alpha value is -0.930. The lowest BCUT2D eigenvalue weighted by molar-refractivity contribution is 0.0250. The average Bonchev–Trinajstić information content (AvgIpc) is 2.57. The Kier molecular flexibility index (Phi) is 3.56. The Morgan fingerprint density at radius 3 is 2.50 bits per heavy atom. The molecule has 0 spiro atoms. The van der Waals surface area contributed by atoms with Crippen molar-refractivity contribution in [1.82, 2.24) is 5.01 Å². The highest BCUT2D eigenvalue weighted by Crippen LogP contribution is 2.37. The third kappa shape index (κ3) is 2.25. The Balaban J connectivity index is 2.12. The van der Waals surface area contributed by atoms with Gasteiger partial charge in [-0.1, -0.05) is 39.0 Å². The van der Waals surface area contributed by atoms with Crippen molar-refractivity contribution < 1.29 is 4.74 Å². The van der Waals surface area contributed by atoms with E-state index in [2.05, 4.69) is 17.0 Å². The van der Waals surface area contributed by atoms with Gasteiger partial charge in [0, 0.05) is 0 Å². The van der Waals surface area contributed by atoms with Crippen LogP contribution in [-0.4, -0.2) is 23.3 Å². The summed E-state index contributed by atoms with van der Waals surface area (Å²) in [5, 5.41) is 6.46. The molecule has 4 heteroatoms. The van der Waals surface area contributed by atoms with Gasteiger partial charge in [-0.2, -0.15) is 0 Å². The first kappa shape index (κ1) is 11.6. The Labute approximate surface area is 97.8 Å². The van der Waals surface area contributed by atoms with Crippen LogP contribution in [0.4, 0.5) is 0 Å². The van der Waals surface area contributed by atoms with Crippen LogP contribution in [0.2, 0.25) is 0 Å². The minimum atomic E-state index is 0.215. The van der Waals surface area contributed by atoms with Crippen molar-refractivity contribution in [1.29, 1.82) is 0 Å². The fourth-order valence-corrected chi connectivity index (χ4v) is 3.04. The highest BCUT2D eigenvalue weighted by atomic mass is 16.5. The summed E-state index contributed by atoms with van der Waals surface area (Å²) in [6.45, 7) is 2.79. The Morgan fingerprint density at radius 2 is 2.00 bits per heavy atom. The molecular weight excluding hydrogens is 202 g/mol. The van der Waals surface area contributed by atoms with Crippen molar-refractivity contribution in [3.63, 3.8) is 0 Å². The number of ether oxygens (including phenoxy) is 1. The second kappa shape index (κ2) is 4.93. The van der Waals surface area contributed by atoms with Crippen LogP contribution in [0.3, 0.4) is 0 Å². The fourth-order valence-electron chi connectivity index (χ4n) is 3.04. The molecule has 2 aliphatic rings. The van der Waals surface area contributed by atoms with Gasteiger partial charge in [0.15, 0.2) is 6.73 Å². The normalized spacial score (nSPS) is 24.8. The van der Waals surface area contributed by atoms with Crippen LogP contribution >= 0.6 is 0 Å². The lowest BCUT2D eigenvalue weighted by Crippen LogP contribution is -2.44. The molecule has 0 radical (unpaired) electrons. The maximum atomic E-state index is 5.61. The zero-order valence-electron chi connectivity index (χ0n) is 10.2. The maximum Gasteiger partial charge on any atom is 0.305 e. The summed E-state index contributed by atoms with van der Waals surface area (Å²) in [5.41, 5.74) is 5.83. The van der Waals surface area contributed by atoms with E-state index in [4.69, 9.17) is 10.5 Å². The molecule has 1 fully saturated rings. The minimum absolute atomic E-state index is 0.215. The monoisotopic (exact) mass is 225 g/mol. The molecule has 0 unspecified atom stereocenters. The molecule has 4 nitrogen and oxygen atoms in total. The fraction of sp³-hybridized carbons (Fsp3) is 0.917. The van der Waals surface area contributed by atoms with E-state index in [1.54, 1.807) is 0 Å². The summed E-state index contributed by atoms with van der Waals surface area (Å²) in [4.78, 5) is 0. The quantitative estimate of drug-likeness (QED) is 0.750. The third-order valence-electron chi connectivity index (χ3n) is 3.85. The predicted molar refractivity (Wildman–Crippen MR) is 64.8 cm³/mol. The summed E-state index contributed by atoms with van der Waals surface area (Å²) >= 11 is 0. The van der Waals surface area contributed by atoms with Crippen LogP contribution in [0.15, 0.2) is 5.10 Å². The van der Waals surface area contributed by atoms with E-state index in [9.17, 15) is 0 Å². The molecule has 0 amide bonds. The van der Waals surface area contributed by atoms with Gasteiger partial charge in [0.05, 0.1) is 5.54 Å². The van der Waals surface area contributed by atoms with E-state index < -0.39 is 0 Å². The number of nitrogens with two attached hydrogens (primary N) is 1. The van der Waals surface area contributed by atoms with Crippen LogP contribution in [-0.2, 0) is 4.74 Å². The minimum Gasteiger partial charge on any atom is -0.441 e. The number of hydrogen-bond donors (Lipinski definition) is 1. The first-order chi connectivity index (χ1) is 7.77. The molecular formula is C12H23N3O. The first-order valence-electron chi connectivity index (χ1n) is 6.51. The number of hydrogen-bond acceptors (Lipinski definition) is 4. The van der Waals surface area contributed by atoms with E-state index in [-0.39, 0.29) is 5.54 Å². The number of nitrogens with zero attached hydrogens (tertiary/aromatic N) is 2. The highest BCUT2D eigenvalue weighted by Gasteiger charge is 2.38. The van der Waals surface area contributed by atoms with Gasteiger partial charge in [-0.05, 0) is 19.3 Å². The zero-order valence-corrected chi connectivity index (χ0v) is 10.2. The van der Waals surface area contributed by atoms with Gasteiger partial charge >= 0.3 is 6.02 Å². The van der Waals surface area contributed by atoms with Gasteiger partial charge < -0.3 is 10.5 Å². The van der Waals surface area contributed by atoms with Gasteiger partial charge in [-0.15, -0.1) is 5.10 Å². The van der Waals surface area contributed by atoms with Crippen LogP contribution in [0.5, 0.6) is 0 Å². The molecule has 92 valence electrons. The Morgan fingerprint density at radius 1 is 1.31 bits per heavy atom. The molecule has 2 rings (SSSR count). The van der Waals surface area contributed by atoms with Crippen LogP contribution < -0.4 is 5.73 Å². The summed E-state index contributed by atoms with van der Waals surface area (Å²) in [5.74, 6) is 0. The maximum absolute atomic E-state index is 5.61. The van der Waals surface area contributed by atoms with Crippen molar-refractivity contribution in [2.24, 2.45) is 10.8 Å². The molecule has 0 aromatic heterocycles. The summed E-state index contributed by atoms with van der Waals surface area (Å²) < 4.78 is 5.28. The molecule has 0 saturated heterocycles. The van der Waals surface area contributed by atoms with E-state index in [0.29, 0.717) is 12.8 Å². The smallest absolute Gasteiger partial charge is 0.305 e. The molecule has 0 atom stereocenters. The molecule has 2 N–H and O–H groups in total. The van der Waals surface area contributed by atoms with Gasteiger partial charge in [-0.3, -0.25) is 5.01 Å². The molecule has 16 heavy (non-hydrogen) atoms. The number of hydrazone groups is 1. The molecule has 1 heterocycles. The van der Waals surface area contributed by atoms with Crippen molar-refractivity contribution in [3.05, 3.63) is 0 Å². The van der Waals surface area contributed by atoms with Gasteiger partial charge in [-0.25, -0.2) is 0 Å². The highest BCUT2D eigenvalue weighted by molar-refractivity contribution is 5.72. The van der Waals surface area contributed by atoms with E-state index in [0.717, 1.165) is 0 Å². The van der Waals surface area contributed by atoms with Gasteiger partial charge in [0.25, 0.3) is 0 Å². The summed E-state index contributed by atoms with van der Waals surface area (Å²) in [6, 6.07) is 0.333. The molecule has 1 saturated carbocycles. The summed E-state index contributed by atoms with van der Waals surface area (Å²) in [6.07, 6.45) is 10.2. The number of rotatable bonds is 3. The lowest BCUT2D eigenvalue weighted by atomic mass is 9.85. The van der Waals surface area contributed by atoms with E-state index in [1.165, 1.54) is 51.4 Å². The van der Waals surface area contributed by atoms with Crippen LogP contribution in [0, 0.1) is 0 Å². The topological polar surface area (TPSA) is 50.9 Å². The molecule has 0 aromatic rings. The lowest BCUT2D eigenvalue weighted by Gasteiger charge is -2.38. The van der Waals surface area contributed by atoms with Crippen molar-refractivity contribution in [2.45, 2.75) is 63.8 Å². The Bertz CT molecular complexity index is 257. The predicted octanol–water partition coefficient (Wildman–Crippen LogP) is 2.40. The zero-order chi connectivity index (χ0) is 11.4. The molecule has 1 aliphatic heterocycles. The van der Waals surface area contributed by atoms with Crippen LogP contribution in [0.1, 0.15) is 58.3 Å². The second-order valence-corrected chi connectivity index (χ2v) is 5.00. The molecule has 1 aliphatic carbocycles. The average molecular weight is 225 g/mol. The molecule has 0 aromatic carbocycles. The largest absolute Gasteiger partial charge is 0.441 e.